The Morgan fingerprint density at radius 2 is 2.15 bits per heavy atom. The molecular formula is C18H14FN5O2. The molecule has 26 heavy (non-hydrogen) atoms. The third-order valence-corrected chi connectivity index (χ3v) is 3.91. The third kappa shape index (κ3) is 3.37. The molecule has 0 bridgehead atoms. The molecular weight excluding hydrogens is 337 g/mol. The van der Waals surface area contributed by atoms with E-state index < -0.39 is 10.7 Å². The minimum atomic E-state index is -0.559. The molecule has 0 saturated carbocycles. The van der Waals surface area contributed by atoms with E-state index in [1.165, 1.54) is 24.3 Å². The predicted octanol–water partition coefficient (Wildman–Crippen LogP) is 3.71. The average molecular weight is 351 g/mol. The first-order chi connectivity index (χ1) is 12.5. The van der Waals surface area contributed by atoms with E-state index in [1.54, 1.807) is 36.0 Å². The monoisotopic (exact) mass is 351 g/mol. The smallest absolute Gasteiger partial charge is 0.270 e. The minimum absolute atomic E-state index is 0.154. The summed E-state index contributed by atoms with van der Waals surface area (Å²) < 4.78 is 16.1. The lowest BCUT2D eigenvalue weighted by Gasteiger charge is -2.11. The van der Waals surface area contributed by atoms with Crippen molar-refractivity contribution in [2.24, 2.45) is 0 Å². The van der Waals surface area contributed by atoms with Gasteiger partial charge in [0.1, 0.15) is 17.7 Å². The van der Waals surface area contributed by atoms with Crippen molar-refractivity contribution in [3.05, 3.63) is 81.7 Å². The minimum Gasteiger partial charge on any atom is -0.380 e. The van der Waals surface area contributed by atoms with Crippen LogP contribution in [0.1, 0.15) is 17.0 Å². The van der Waals surface area contributed by atoms with Crippen LogP contribution in [0, 0.1) is 34.2 Å². The molecule has 3 rings (SSSR count). The van der Waals surface area contributed by atoms with E-state index in [9.17, 15) is 14.5 Å². The molecule has 7 nitrogen and oxygen atoms in total. The number of imidazole rings is 1. The average Bonchev–Trinajstić information content (AvgIpc) is 3.05. The van der Waals surface area contributed by atoms with Gasteiger partial charge in [-0.1, -0.05) is 6.07 Å². The zero-order valence-electron chi connectivity index (χ0n) is 13.8. The number of hydrogen-bond donors (Lipinski definition) is 1. The Morgan fingerprint density at radius 1 is 1.35 bits per heavy atom. The van der Waals surface area contributed by atoms with Gasteiger partial charge in [0.05, 0.1) is 21.9 Å². The predicted molar refractivity (Wildman–Crippen MR) is 93.4 cm³/mol. The number of anilines is 1. The number of nitriles is 1. The van der Waals surface area contributed by atoms with Crippen molar-refractivity contribution in [3.8, 4) is 11.8 Å². The number of nitrogens with zero attached hydrogens (tertiary/aromatic N) is 4. The van der Waals surface area contributed by atoms with Crippen LogP contribution in [0.15, 0.2) is 48.8 Å². The summed E-state index contributed by atoms with van der Waals surface area (Å²) in [5.41, 5.74) is 1.53. The molecule has 0 spiro atoms. The van der Waals surface area contributed by atoms with Gasteiger partial charge in [0.2, 0.25) is 0 Å². The number of aryl methyl sites for hydroxylation is 1. The Bertz CT molecular complexity index is 1020. The fraction of sp³-hybridized carbons (Fsp3) is 0.111. The second-order valence-electron chi connectivity index (χ2n) is 5.58. The molecule has 0 atom stereocenters. The first-order valence-electron chi connectivity index (χ1n) is 7.71. The maximum absolute atomic E-state index is 14.4. The first-order valence-corrected chi connectivity index (χ1v) is 7.71. The van der Waals surface area contributed by atoms with Gasteiger partial charge in [-0.2, -0.15) is 5.26 Å². The van der Waals surface area contributed by atoms with Crippen LogP contribution >= 0.6 is 0 Å². The van der Waals surface area contributed by atoms with Crippen molar-refractivity contribution in [2.75, 3.05) is 5.32 Å². The second-order valence-corrected chi connectivity index (χ2v) is 5.58. The molecule has 0 amide bonds. The number of non-ortho nitro benzene ring substituents is 1. The number of halogens is 1. The fourth-order valence-corrected chi connectivity index (χ4v) is 2.58. The van der Waals surface area contributed by atoms with Crippen LogP contribution in [0.3, 0.4) is 0 Å². The van der Waals surface area contributed by atoms with Crippen molar-refractivity contribution >= 4 is 11.4 Å². The van der Waals surface area contributed by atoms with Gasteiger partial charge in [0.25, 0.3) is 5.69 Å². The normalized spacial score (nSPS) is 10.3. The summed E-state index contributed by atoms with van der Waals surface area (Å²) in [6.07, 6.45) is 3.28. The van der Waals surface area contributed by atoms with Crippen molar-refractivity contribution in [3.63, 3.8) is 0 Å². The fourth-order valence-electron chi connectivity index (χ4n) is 2.58. The van der Waals surface area contributed by atoms with Gasteiger partial charge in [-0.25, -0.2) is 9.37 Å². The van der Waals surface area contributed by atoms with Gasteiger partial charge in [-0.15, -0.1) is 0 Å². The third-order valence-electron chi connectivity index (χ3n) is 3.91. The summed E-state index contributed by atoms with van der Waals surface area (Å²) in [7, 11) is 0. The topological polar surface area (TPSA) is 96.8 Å². The van der Waals surface area contributed by atoms with E-state index in [0.29, 0.717) is 22.8 Å². The van der Waals surface area contributed by atoms with Crippen LogP contribution in [-0.2, 0) is 6.54 Å². The molecule has 1 aromatic heterocycles. The Labute approximate surface area is 148 Å². The lowest BCUT2D eigenvalue weighted by atomic mass is 10.1. The van der Waals surface area contributed by atoms with Crippen molar-refractivity contribution in [1.82, 2.24) is 9.55 Å². The van der Waals surface area contributed by atoms with E-state index in [2.05, 4.69) is 10.3 Å². The Morgan fingerprint density at radius 3 is 2.77 bits per heavy atom. The molecule has 3 aromatic rings. The number of benzene rings is 2. The van der Waals surface area contributed by atoms with Gasteiger partial charge in [-0.05, 0) is 30.7 Å². The quantitative estimate of drug-likeness (QED) is 0.558. The van der Waals surface area contributed by atoms with E-state index in [4.69, 9.17) is 5.26 Å². The summed E-state index contributed by atoms with van der Waals surface area (Å²) in [4.78, 5) is 14.3. The molecule has 0 radical (unpaired) electrons. The summed E-state index contributed by atoms with van der Waals surface area (Å²) in [6, 6.07) is 10.7. The Kier molecular flexibility index (Phi) is 4.62. The lowest BCUT2D eigenvalue weighted by molar-refractivity contribution is -0.384. The molecule has 0 aliphatic rings. The summed E-state index contributed by atoms with van der Waals surface area (Å²) in [5, 5.41) is 22.9. The van der Waals surface area contributed by atoms with Crippen LogP contribution < -0.4 is 5.32 Å². The number of nitro groups is 1. The SMILES string of the molecule is Cc1nccn1-c1ccc(CNc2ccc([N+](=O)[O-])cc2C#N)cc1F. The number of aromatic nitrogens is 2. The largest absolute Gasteiger partial charge is 0.380 e. The van der Waals surface area contributed by atoms with E-state index in [0.717, 1.165) is 0 Å². The molecule has 130 valence electrons. The van der Waals surface area contributed by atoms with Gasteiger partial charge >= 0.3 is 0 Å². The zero-order valence-corrected chi connectivity index (χ0v) is 13.8. The Balaban J connectivity index is 1.79. The van der Waals surface area contributed by atoms with Crippen LogP contribution in [0.25, 0.3) is 5.69 Å². The molecule has 0 aliphatic heterocycles. The molecule has 8 heteroatoms. The summed E-state index contributed by atoms with van der Waals surface area (Å²) in [6.45, 7) is 2.06. The standard InChI is InChI=1S/C18H14FN5O2/c1-12-21-6-7-23(12)18-5-2-13(8-16(18)19)11-22-17-4-3-15(24(25)26)9-14(17)10-20/h2-9,22H,11H2,1H3. The van der Waals surface area contributed by atoms with Crippen molar-refractivity contribution in [1.29, 1.82) is 5.26 Å². The van der Waals surface area contributed by atoms with Crippen LogP contribution in [0.4, 0.5) is 15.8 Å². The summed E-state index contributed by atoms with van der Waals surface area (Å²) in [5.74, 6) is 0.286. The molecule has 0 fully saturated rings. The molecule has 0 saturated heterocycles. The zero-order chi connectivity index (χ0) is 18.7. The van der Waals surface area contributed by atoms with Crippen molar-refractivity contribution < 1.29 is 9.31 Å². The van der Waals surface area contributed by atoms with E-state index in [1.807, 2.05) is 6.07 Å². The highest BCUT2D eigenvalue weighted by atomic mass is 19.1. The maximum Gasteiger partial charge on any atom is 0.270 e. The van der Waals surface area contributed by atoms with Crippen LogP contribution in [0.5, 0.6) is 0 Å². The first kappa shape index (κ1) is 17.1. The molecule has 1 heterocycles. The summed E-state index contributed by atoms with van der Waals surface area (Å²) >= 11 is 0. The van der Waals surface area contributed by atoms with Gasteiger partial charge in [0.15, 0.2) is 0 Å². The Hall–Kier alpha value is -3.73. The number of rotatable bonds is 5. The molecule has 1 N–H and O–H groups in total. The molecule has 2 aromatic carbocycles. The maximum atomic E-state index is 14.4. The molecule has 0 aliphatic carbocycles. The van der Waals surface area contributed by atoms with E-state index in [-0.39, 0.29) is 17.8 Å². The second kappa shape index (κ2) is 7.03. The number of nitro benzene ring substituents is 1. The van der Waals surface area contributed by atoms with Crippen LogP contribution in [-0.4, -0.2) is 14.5 Å². The highest BCUT2D eigenvalue weighted by Crippen LogP contribution is 2.23. The van der Waals surface area contributed by atoms with Gasteiger partial charge in [0, 0.05) is 31.1 Å². The van der Waals surface area contributed by atoms with E-state index >= 15 is 0 Å². The van der Waals surface area contributed by atoms with Crippen molar-refractivity contribution in [2.45, 2.75) is 13.5 Å². The van der Waals surface area contributed by atoms with Crippen LogP contribution in [0.2, 0.25) is 0 Å². The molecule has 0 unspecified atom stereocenters. The highest BCUT2D eigenvalue weighted by molar-refractivity contribution is 5.61. The highest BCUT2D eigenvalue weighted by Gasteiger charge is 2.11. The van der Waals surface area contributed by atoms with Gasteiger partial charge in [-0.3, -0.25) is 10.1 Å². The lowest BCUT2D eigenvalue weighted by Crippen LogP contribution is -2.04. The van der Waals surface area contributed by atoms with Gasteiger partial charge < -0.3 is 9.88 Å². The number of hydrogen-bond acceptors (Lipinski definition) is 5. The number of nitrogens with one attached hydrogen (secondary N) is 1.